The van der Waals surface area contributed by atoms with E-state index in [0.717, 1.165) is 5.19 Å². The molecule has 1 unspecified atom stereocenters. The van der Waals surface area contributed by atoms with Gasteiger partial charge in [-0.05, 0) is 30.7 Å². The fourth-order valence-electron chi connectivity index (χ4n) is 2.79. The number of ether oxygens (including phenoxy) is 2. The van der Waals surface area contributed by atoms with Crippen molar-refractivity contribution < 1.29 is 23.0 Å². The Kier molecular flexibility index (Phi) is 6.76. The van der Waals surface area contributed by atoms with Crippen LogP contribution in [-0.4, -0.2) is 27.1 Å². The van der Waals surface area contributed by atoms with Crippen LogP contribution in [0.4, 0.5) is 8.78 Å². The van der Waals surface area contributed by atoms with E-state index in [-0.39, 0.29) is 0 Å². The Labute approximate surface area is 160 Å². The minimum atomic E-state index is -3.50. The van der Waals surface area contributed by atoms with Gasteiger partial charge in [-0.1, -0.05) is 60.7 Å². The molecule has 0 aliphatic rings. The molecule has 1 atom stereocenters. The zero-order chi connectivity index (χ0) is 20.1. The number of alkyl halides is 2. The molecular formula is C21H26F2O3Si. The predicted octanol–water partition coefficient (Wildman–Crippen LogP) is 4.94. The van der Waals surface area contributed by atoms with Gasteiger partial charge < -0.3 is 9.47 Å². The third-order valence-corrected chi connectivity index (χ3v) is 8.18. The summed E-state index contributed by atoms with van der Waals surface area (Å²) in [4.78, 5) is 12.0. The molecule has 0 aliphatic carbocycles. The van der Waals surface area contributed by atoms with Crippen LogP contribution in [0, 0.1) is 0 Å². The van der Waals surface area contributed by atoms with Crippen molar-refractivity contribution in [2.24, 2.45) is 0 Å². The lowest BCUT2D eigenvalue weighted by atomic mass is 10.1. The largest absolute Gasteiger partial charge is 0.497 e. The maximum Gasteiger partial charge on any atom is 0.377 e. The van der Waals surface area contributed by atoms with Crippen LogP contribution < -0.4 is 9.92 Å². The molecule has 146 valence electrons. The number of benzene rings is 2. The molecule has 0 fully saturated rings. The van der Waals surface area contributed by atoms with Gasteiger partial charge in [-0.15, -0.1) is 0 Å². The molecular weight excluding hydrogens is 366 g/mol. The number of halogens is 2. The molecule has 0 radical (unpaired) electrons. The summed E-state index contributed by atoms with van der Waals surface area (Å²) in [6.07, 6.45) is -1.26. The van der Waals surface area contributed by atoms with Gasteiger partial charge in [0.2, 0.25) is 0 Å². The number of hydrogen-bond acceptors (Lipinski definition) is 3. The van der Waals surface area contributed by atoms with E-state index in [1.165, 1.54) is 0 Å². The summed E-state index contributed by atoms with van der Waals surface area (Å²) in [5.74, 6) is -4.32. The molecule has 0 amide bonds. The first-order chi connectivity index (χ1) is 12.7. The average Bonchev–Trinajstić information content (AvgIpc) is 2.67. The van der Waals surface area contributed by atoms with Crippen LogP contribution in [0.15, 0.2) is 54.6 Å². The quantitative estimate of drug-likeness (QED) is 0.471. The van der Waals surface area contributed by atoms with Gasteiger partial charge >= 0.3 is 11.9 Å². The molecule has 2 aromatic rings. The zero-order valence-corrected chi connectivity index (χ0v) is 17.2. The molecule has 0 saturated heterocycles. The van der Waals surface area contributed by atoms with Crippen molar-refractivity contribution in [1.82, 2.24) is 0 Å². The number of hydrogen-bond donors (Lipinski definition) is 0. The maximum absolute atomic E-state index is 14.4. The van der Waals surface area contributed by atoms with Crippen molar-refractivity contribution in [2.75, 3.05) is 7.11 Å². The highest BCUT2D eigenvalue weighted by molar-refractivity contribution is 6.89. The second-order valence-corrected chi connectivity index (χ2v) is 12.1. The van der Waals surface area contributed by atoms with E-state index < -0.39 is 32.5 Å². The standard InChI is InChI=1S/C21H26F2O3Si/c1-16(17-10-12-18(25-2)13-11-17)26-20(24)21(22,23)14-15-27(3,4)19-8-6-5-7-9-19/h5-13,16H,14-15H2,1-4H3. The van der Waals surface area contributed by atoms with E-state index in [0.29, 0.717) is 17.4 Å². The van der Waals surface area contributed by atoms with Crippen LogP contribution in [0.2, 0.25) is 19.1 Å². The lowest BCUT2D eigenvalue weighted by Gasteiger charge is -2.26. The van der Waals surface area contributed by atoms with Crippen LogP contribution in [0.5, 0.6) is 5.75 Å². The Morgan fingerprint density at radius 3 is 2.22 bits per heavy atom. The molecule has 3 nitrogen and oxygen atoms in total. The monoisotopic (exact) mass is 392 g/mol. The Balaban J connectivity index is 1.97. The first kappa shape index (κ1) is 21.1. The second kappa shape index (κ2) is 8.65. The Bertz CT molecular complexity index is 746. The molecule has 0 aliphatic heterocycles. The van der Waals surface area contributed by atoms with Crippen LogP contribution in [-0.2, 0) is 9.53 Å². The van der Waals surface area contributed by atoms with Gasteiger partial charge in [0, 0.05) is 6.42 Å². The topological polar surface area (TPSA) is 35.5 Å². The SMILES string of the molecule is COc1ccc(C(C)OC(=O)C(F)(F)CC[Si](C)(C)c2ccccc2)cc1. The van der Waals surface area contributed by atoms with Gasteiger partial charge in [0.25, 0.3) is 0 Å². The van der Waals surface area contributed by atoms with Crippen LogP contribution in [0.1, 0.15) is 25.0 Å². The van der Waals surface area contributed by atoms with E-state index in [9.17, 15) is 13.6 Å². The lowest BCUT2D eigenvalue weighted by molar-refractivity contribution is -0.177. The Morgan fingerprint density at radius 1 is 1.07 bits per heavy atom. The highest BCUT2D eigenvalue weighted by atomic mass is 28.3. The van der Waals surface area contributed by atoms with E-state index in [1.807, 2.05) is 43.4 Å². The second-order valence-electron chi connectivity index (χ2n) is 7.28. The molecule has 27 heavy (non-hydrogen) atoms. The van der Waals surface area contributed by atoms with Gasteiger partial charge in [0.15, 0.2) is 0 Å². The number of esters is 1. The smallest absolute Gasteiger partial charge is 0.377 e. The van der Waals surface area contributed by atoms with Crippen LogP contribution >= 0.6 is 0 Å². The van der Waals surface area contributed by atoms with Crippen molar-refractivity contribution in [3.8, 4) is 5.75 Å². The summed E-state index contributed by atoms with van der Waals surface area (Å²) in [5, 5.41) is 1.10. The number of carbonyl (C=O) groups is 1. The highest BCUT2D eigenvalue weighted by Gasteiger charge is 2.43. The predicted molar refractivity (Wildman–Crippen MR) is 105 cm³/mol. The number of rotatable bonds is 8. The average molecular weight is 393 g/mol. The lowest BCUT2D eigenvalue weighted by Crippen LogP contribution is -2.43. The minimum Gasteiger partial charge on any atom is -0.497 e. The Hall–Kier alpha value is -2.21. The summed E-state index contributed by atoms with van der Waals surface area (Å²) < 4.78 is 38.9. The summed E-state index contributed by atoms with van der Waals surface area (Å²) in [5.41, 5.74) is 0.638. The summed E-state index contributed by atoms with van der Waals surface area (Å²) >= 11 is 0. The van der Waals surface area contributed by atoms with Gasteiger partial charge in [0.1, 0.15) is 11.9 Å². The fraction of sp³-hybridized carbons (Fsp3) is 0.381. The molecule has 0 spiro atoms. The van der Waals surface area contributed by atoms with E-state index in [4.69, 9.17) is 9.47 Å². The normalized spacial score (nSPS) is 13.1. The maximum atomic E-state index is 14.4. The van der Waals surface area contributed by atoms with E-state index in [1.54, 1.807) is 38.3 Å². The van der Waals surface area contributed by atoms with Crippen LogP contribution in [0.3, 0.4) is 0 Å². The third-order valence-electron chi connectivity index (χ3n) is 4.79. The fourth-order valence-corrected chi connectivity index (χ4v) is 5.12. The first-order valence-electron chi connectivity index (χ1n) is 8.94. The van der Waals surface area contributed by atoms with Gasteiger partial charge in [-0.25, -0.2) is 4.79 Å². The minimum absolute atomic E-state index is 0.302. The Morgan fingerprint density at radius 2 is 1.67 bits per heavy atom. The number of carbonyl (C=O) groups excluding carboxylic acids is 1. The van der Waals surface area contributed by atoms with Crippen molar-refractivity contribution in [3.05, 3.63) is 60.2 Å². The van der Waals surface area contributed by atoms with Gasteiger partial charge in [0.05, 0.1) is 15.2 Å². The number of methoxy groups -OCH3 is 1. The summed E-state index contributed by atoms with van der Waals surface area (Å²) in [6, 6.07) is 16.7. The molecule has 2 rings (SSSR count). The molecule has 0 heterocycles. The van der Waals surface area contributed by atoms with E-state index >= 15 is 0 Å². The molecule has 2 aromatic carbocycles. The summed E-state index contributed by atoms with van der Waals surface area (Å²) in [7, 11) is -0.510. The van der Waals surface area contributed by atoms with E-state index in [2.05, 4.69) is 0 Å². The highest BCUT2D eigenvalue weighted by Crippen LogP contribution is 2.29. The molecule has 0 aromatic heterocycles. The molecule has 6 heteroatoms. The van der Waals surface area contributed by atoms with Crippen molar-refractivity contribution >= 4 is 19.2 Å². The summed E-state index contributed by atoms with van der Waals surface area (Å²) in [6.45, 7) is 5.64. The van der Waals surface area contributed by atoms with Crippen molar-refractivity contribution in [3.63, 3.8) is 0 Å². The first-order valence-corrected chi connectivity index (χ1v) is 12.1. The zero-order valence-electron chi connectivity index (χ0n) is 16.2. The molecule has 0 N–H and O–H groups in total. The van der Waals surface area contributed by atoms with Crippen molar-refractivity contribution in [2.45, 2.75) is 44.5 Å². The van der Waals surface area contributed by atoms with Crippen molar-refractivity contribution in [1.29, 1.82) is 0 Å². The third kappa shape index (κ3) is 5.63. The van der Waals surface area contributed by atoms with Gasteiger partial charge in [-0.2, -0.15) is 8.78 Å². The molecule has 0 bridgehead atoms. The van der Waals surface area contributed by atoms with Gasteiger partial charge in [-0.3, -0.25) is 0 Å². The van der Waals surface area contributed by atoms with Crippen LogP contribution in [0.25, 0.3) is 0 Å². The molecule has 0 saturated carbocycles.